The van der Waals surface area contributed by atoms with Crippen molar-refractivity contribution in [1.29, 1.82) is 0 Å². The van der Waals surface area contributed by atoms with Gasteiger partial charge >= 0.3 is 0 Å². The SMILES string of the molecule is CCS(=O)(=O)N(C)CCCNC(=NC)NCC(CC(C)C)N1CCOCC1. The van der Waals surface area contributed by atoms with Crippen molar-refractivity contribution in [3.8, 4) is 0 Å². The first kappa shape index (κ1) is 24.1. The first-order chi connectivity index (χ1) is 12.8. The van der Waals surface area contributed by atoms with Crippen LogP contribution in [0.1, 0.15) is 33.6 Å². The number of nitrogens with one attached hydrogen (secondary N) is 2. The van der Waals surface area contributed by atoms with Gasteiger partial charge in [-0.05, 0) is 25.7 Å². The van der Waals surface area contributed by atoms with Crippen LogP contribution in [0.3, 0.4) is 0 Å². The quantitative estimate of drug-likeness (QED) is 0.297. The number of rotatable bonds is 11. The average Bonchev–Trinajstić information content (AvgIpc) is 2.66. The molecular formula is C18H39N5O3S. The Bertz CT molecular complexity index is 533. The van der Waals surface area contributed by atoms with E-state index in [1.807, 2.05) is 0 Å². The van der Waals surface area contributed by atoms with Crippen LogP contribution in [-0.2, 0) is 14.8 Å². The van der Waals surface area contributed by atoms with Gasteiger partial charge in [0.1, 0.15) is 0 Å². The molecule has 0 amide bonds. The monoisotopic (exact) mass is 405 g/mol. The van der Waals surface area contributed by atoms with Crippen LogP contribution in [0.25, 0.3) is 0 Å². The van der Waals surface area contributed by atoms with E-state index in [4.69, 9.17) is 4.74 Å². The summed E-state index contributed by atoms with van der Waals surface area (Å²) in [5.74, 6) is 1.53. The molecule has 1 rings (SSSR count). The molecule has 0 saturated carbocycles. The van der Waals surface area contributed by atoms with Crippen molar-refractivity contribution in [2.75, 3.05) is 65.8 Å². The second-order valence-corrected chi connectivity index (χ2v) is 9.75. The molecule has 0 aliphatic carbocycles. The maximum atomic E-state index is 11.8. The molecule has 1 aliphatic heterocycles. The maximum absolute atomic E-state index is 11.8. The van der Waals surface area contributed by atoms with Crippen LogP contribution in [0.5, 0.6) is 0 Å². The molecule has 0 radical (unpaired) electrons. The van der Waals surface area contributed by atoms with E-state index >= 15 is 0 Å². The van der Waals surface area contributed by atoms with Gasteiger partial charge in [-0.15, -0.1) is 0 Å². The summed E-state index contributed by atoms with van der Waals surface area (Å²) >= 11 is 0. The summed E-state index contributed by atoms with van der Waals surface area (Å²) in [5.41, 5.74) is 0. The van der Waals surface area contributed by atoms with Crippen LogP contribution in [0.4, 0.5) is 0 Å². The van der Waals surface area contributed by atoms with Crippen molar-refractivity contribution in [3.63, 3.8) is 0 Å². The Hall–Kier alpha value is -0.900. The Kier molecular flexibility index (Phi) is 11.2. The predicted octanol–water partition coefficient (Wildman–Crippen LogP) is 0.570. The zero-order valence-corrected chi connectivity index (χ0v) is 18.5. The third kappa shape index (κ3) is 9.23. The molecule has 0 bridgehead atoms. The van der Waals surface area contributed by atoms with E-state index in [1.165, 1.54) is 4.31 Å². The van der Waals surface area contributed by atoms with E-state index in [0.717, 1.165) is 51.6 Å². The molecule has 8 nitrogen and oxygen atoms in total. The molecular weight excluding hydrogens is 366 g/mol. The molecule has 0 aromatic rings. The number of morpholine rings is 1. The van der Waals surface area contributed by atoms with Gasteiger partial charge in [-0.2, -0.15) is 0 Å². The van der Waals surface area contributed by atoms with Gasteiger partial charge in [-0.1, -0.05) is 13.8 Å². The lowest BCUT2D eigenvalue weighted by atomic mass is 10.0. The van der Waals surface area contributed by atoms with E-state index in [9.17, 15) is 8.42 Å². The molecule has 1 fully saturated rings. The van der Waals surface area contributed by atoms with Gasteiger partial charge in [-0.25, -0.2) is 12.7 Å². The van der Waals surface area contributed by atoms with Crippen molar-refractivity contribution >= 4 is 16.0 Å². The first-order valence-corrected chi connectivity index (χ1v) is 11.6. The van der Waals surface area contributed by atoms with Gasteiger partial charge in [0.05, 0.1) is 19.0 Å². The molecule has 2 N–H and O–H groups in total. The zero-order chi connectivity index (χ0) is 20.3. The fourth-order valence-corrected chi connectivity index (χ4v) is 4.00. The minimum atomic E-state index is -3.11. The summed E-state index contributed by atoms with van der Waals surface area (Å²) in [5, 5.41) is 6.71. The number of hydrogen-bond donors (Lipinski definition) is 2. The molecule has 1 aliphatic rings. The van der Waals surface area contributed by atoms with Crippen molar-refractivity contribution in [1.82, 2.24) is 19.8 Å². The average molecular weight is 406 g/mol. The van der Waals surface area contributed by atoms with Gasteiger partial charge in [0.15, 0.2) is 5.96 Å². The third-order valence-corrected chi connectivity index (χ3v) is 6.68. The highest BCUT2D eigenvalue weighted by Crippen LogP contribution is 2.13. The molecule has 1 unspecified atom stereocenters. The van der Waals surface area contributed by atoms with E-state index < -0.39 is 10.0 Å². The van der Waals surface area contributed by atoms with Crippen LogP contribution >= 0.6 is 0 Å². The van der Waals surface area contributed by atoms with Gasteiger partial charge in [-0.3, -0.25) is 9.89 Å². The van der Waals surface area contributed by atoms with Crippen molar-refractivity contribution in [2.45, 2.75) is 39.7 Å². The van der Waals surface area contributed by atoms with Crippen molar-refractivity contribution < 1.29 is 13.2 Å². The Morgan fingerprint density at radius 2 is 1.93 bits per heavy atom. The van der Waals surface area contributed by atoms with Gasteiger partial charge < -0.3 is 15.4 Å². The number of nitrogens with zero attached hydrogens (tertiary/aromatic N) is 3. The molecule has 0 spiro atoms. The molecule has 1 saturated heterocycles. The van der Waals surface area contributed by atoms with Crippen LogP contribution in [0, 0.1) is 5.92 Å². The van der Waals surface area contributed by atoms with Crippen molar-refractivity contribution in [2.24, 2.45) is 10.9 Å². The lowest BCUT2D eigenvalue weighted by Crippen LogP contribution is -2.51. The topological polar surface area (TPSA) is 86.3 Å². The first-order valence-electron chi connectivity index (χ1n) is 10.0. The fraction of sp³-hybridized carbons (Fsp3) is 0.944. The highest BCUT2D eigenvalue weighted by molar-refractivity contribution is 7.89. The lowest BCUT2D eigenvalue weighted by molar-refractivity contribution is 0.0132. The minimum absolute atomic E-state index is 0.138. The molecule has 9 heteroatoms. The third-order valence-electron chi connectivity index (χ3n) is 4.82. The van der Waals surface area contributed by atoms with E-state index in [1.54, 1.807) is 21.0 Å². The van der Waals surface area contributed by atoms with Gasteiger partial charge in [0.25, 0.3) is 0 Å². The number of ether oxygens (including phenoxy) is 1. The van der Waals surface area contributed by atoms with Crippen LogP contribution in [0.15, 0.2) is 4.99 Å². The van der Waals surface area contributed by atoms with Crippen LogP contribution in [-0.4, -0.2) is 95.4 Å². The van der Waals surface area contributed by atoms with E-state index in [0.29, 0.717) is 25.0 Å². The second-order valence-electron chi connectivity index (χ2n) is 7.39. The Morgan fingerprint density at radius 1 is 1.26 bits per heavy atom. The summed E-state index contributed by atoms with van der Waals surface area (Å²) in [4.78, 5) is 6.78. The Labute approximate surface area is 165 Å². The Morgan fingerprint density at radius 3 is 2.48 bits per heavy atom. The minimum Gasteiger partial charge on any atom is -0.379 e. The summed E-state index contributed by atoms with van der Waals surface area (Å²) in [7, 11) is 0.283. The highest BCUT2D eigenvalue weighted by atomic mass is 32.2. The van der Waals surface area contributed by atoms with Crippen LogP contribution in [0.2, 0.25) is 0 Å². The second kappa shape index (κ2) is 12.5. The normalized spacial score (nSPS) is 18.1. The smallest absolute Gasteiger partial charge is 0.213 e. The maximum Gasteiger partial charge on any atom is 0.213 e. The summed E-state index contributed by atoms with van der Waals surface area (Å²) in [6.07, 6.45) is 1.86. The molecule has 27 heavy (non-hydrogen) atoms. The molecule has 0 aromatic carbocycles. The lowest BCUT2D eigenvalue weighted by Gasteiger charge is -2.35. The van der Waals surface area contributed by atoms with Gasteiger partial charge in [0, 0.05) is 52.9 Å². The summed E-state index contributed by atoms with van der Waals surface area (Å²) in [6, 6.07) is 0.452. The molecule has 1 atom stereocenters. The summed E-state index contributed by atoms with van der Waals surface area (Å²) in [6.45, 7) is 11.7. The van der Waals surface area contributed by atoms with Crippen molar-refractivity contribution in [3.05, 3.63) is 0 Å². The van der Waals surface area contributed by atoms with Crippen LogP contribution < -0.4 is 10.6 Å². The number of hydrogen-bond acceptors (Lipinski definition) is 5. The number of guanidine groups is 1. The number of aliphatic imine (C=N–C) groups is 1. The molecule has 0 aromatic heterocycles. The summed E-state index contributed by atoms with van der Waals surface area (Å²) < 4.78 is 30.4. The predicted molar refractivity (Wildman–Crippen MR) is 112 cm³/mol. The van der Waals surface area contributed by atoms with E-state index in [2.05, 4.69) is 34.4 Å². The Balaban J connectivity index is 2.40. The highest BCUT2D eigenvalue weighted by Gasteiger charge is 2.22. The molecule has 1 heterocycles. The largest absolute Gasteiger partial charge is 0.379 e. The number of sulfonamides is 1. The van der Waals surface area contributed by atoms with E-state index in [-0.39, 0.29) is 5.75 Å². The fourth-order valence-electron chi connectivity index (χ4n) is 3.15. The standard InChI is InChI=1S/C18H39N5O3S/c1-6-27(24,25)22(5)9-7-8-20-18(19-4)21-15-17(14-16(2)3)23-10-12-26-13-11-23/h16-17H,6-15H2,1-5H3,(H2,19,20,21). The zero-order valence-electron chi connectivity index (χ0n) is 17.7. The van der Waals surface area contributed by atoms with Gasteiger partial charge in [0.2, 0.25) is 10.0 Å². The molecule has 160 valence electrons.